The van der Waals surface area contributed by atoms with Gasteiger partial charge in [0, 0.05) is 40.1 Å². The second-order valence-electron chi connectivity index (χ2n) is 8.69. The van der Waals surface area contributed by atoms with Crippen LogP contribution >= 0.6 is 18.2 Å². The van der Waals surface area contributed by atoms with Crippen molar-refractivity contribution in [1.82, 2.24) is 10.2 Å². The molecule has 17 heteroatoms. The molecule has 2 saturated heterocycles. The number of amidine groups is 1. The molecule has 1 aromatic rings. The normalized spacial score (nSPS) is 26.7. The van der Waals surface area contributed by atoms with Crippen LogP contribution in [0.3, 0.4) is 0 Å². The number of hydrogen-bond acceptors (Lipinski definition) is 14. The van der Waals surface area contributed by atoms with Gasteiger partial charge in [0.1, 0.15) is 12.7 Å². The Balaban J connectivity index is 2.04. The number of hydrazine groups is 1. The number of esters is 4. The highest BCUT2D eigenvalue weighted by molar-refractivity contribution is 8.16. The van der Waals surface area contributed by atoms with E-state index in [9.17, 15) is 24.0 Å². The molecule has 1 N–H and O–H groups in total. The second kappa shape index (κ2) is 14.3. The predicted octanol–water partition coefficient (Wildman–Crippen LogP) is 0.787. The Morgan fingerprint density at radius 1 is 1.00 bits per heavy atom. The second-order valence-corrected chi connectivity index (χ2v) is 13.4. The van der Waals surface area contributed by atoms with Gasteiger partial charge in [-0.15, -0.1) is 0 Å². The van der Waals surface area contributed by atoms with Gasteiger partial charge in [0.2, 0.25) is 0 Å². The van der Waals surface area contributed by atoms with Crippen LogP contribution in [0.4, 0.5) is 0 Å². The summed E-state index contributed by atoms with van der Waals surface area (Å²) < 4.78 is 33.0. The van der Waals surface area contributed by atoms with Gasteiger partial charge >= 0.3 is 23.9 Å². The molecular formula is C24H30N3O11PS2. The lowest BCUT2D eigenvalue weighted by Crippen LogP contribution is -2.62. The number of nitrogens with zero attached hydrogens (tertiary/aromatic N) is 2. The smallest absolute Gasteiger partial charge is 0.303 e. The third-order valence-corrected chi connectivity index (χ3v) is 9.77. The van der Waals surface area contributed by atoms with E-state index in [1.54, 1.807) is 24.3 Å². The van der Waals surface area contributed by atoms with Crippen LogP contribution in [0, 0.1) is 0 Å². The first-order valence-corrected chi connectivity index (χ1v) is 15.9. The van der Waals surface area contributed by atoms with Gasteiger partial charge in [0.15, 0.2) is 36.1 Å². The van der Waals surface area contributed by atoms with Gasteiger partial charge in [-0.1, -0.05) is 42.1 Å². The van der Waals surface area contributed by atoms with Gasteiger partial charge in [0.25, 0.3) is 5.91 Å². The number of benzene rings is 1. The van der Waals surface area contributed by atoms with Gasteiger partial charge in [-0.2, -0.15) is 5.20 Å². The van der Waals surface area contributed by atoms with Crippen LogP contribution in [-0.2, 0) is 64.0 Å². The standard InChI is InChI=1S/C24H30N3O11PS2/c1-13(28)34-11-18-20(35-14(2)29)21(36-15(3)30)22(37-16(4)31)23(38-18)25-24-27(19(32)12-41-24)26-39(40,33-5)17-9-7-6-8-10-17/h6-10,18,20-23H,11-12H2,1-5H3,(H,26,40)/t18-,20+,21+,22-,23-,39?/m1/s1. The molecular weight excluding hydrogens is 601 g/mol. The summed E-state index contributed by atoms with van der Waals surface area (Å²) in [6.07, 6.45) is -9.71. The minimum Gasteiger partial charge on any atom is -0.463 e. The number of rotatable bonds is 10. The lowest BCUT2D eigenvalue weighted by Gasteiger charge is -2.43. The molecule has 224 valence electrons. The van der Waals surface area contributed by atoms with Crippen LogP contribution < -0.4 is 10.5 Å². The van der Waals surface area contributed by atoms with Crippen molar-refractivity contribution in [3.05, 3.63) is 30.3 Å². The third-order valence-electron chi connectivity index (χ3n) is 5.55. The molecule has 1 unspecified atom stereocenters. The molecule has 2 aliphatic heterocycles. The Kier molecular flexibility index (Phi) is 11.4. The molecule has 3 rings (SSSR count). The Morgan fingerprint density at radius 3 is 2.15 bits per heavy atom. The van der Waals surface area contributed by atoms with E-state index in [1.807, 2.05) is 6.07 Å². The molecule has 6 atom stereocenters. The number of aliphatic imine (C=N–C) groups is 1. The number of thioether (sulfide) groups is 1. The topological polar surface area (TPSA) is 168 Å². The van der Waals surface area contributed by atoms with Gasteiger partial charge in [-0.25, -0.2) is 10.0 Å². The first-order valence-electron chi connectivity index (χ1n) is 12.2. The van der Waals surface area contributed by atoms with Crippen LogP contribution in [0.25, 0.3) is 0 Å². The number of hydrogen-bond donors (Lipinski definition) is 1. The summed E-state index contributed by atoms with van der Waals surface area (Å²) >= 11 is 6.81. The highest BCUT2D eigenvalue weighted by Crippen LogP contribution is 2.42. The maximum atomic E-state index is 12.9. The first-order chi connectivity index (χ1) is 19.3. The van der Waals surface area contributed by atoms with Gasteiger partial charge in [-0.3, -0.25) is 24.0 Å². The zero-order valence-corrected chi connectivity index (χ0v) is 25.4. The molecule has 2 aliphatic rings. The number of carbonyl (C=O) groups excluding carboxylic acids is 5. The lowest BCUT2D eigenvalue weighted by molar-refractivity contribution is -0.251. The molecule has 1 aromatic carbocycles. The van der Waals surface area contributed by atoms with E-state index in [2.05, 4.69) is 10.2 Å². The molecule has 14 nitrogen and oxygen atoms in total. The van der Waals surface area contributed by atoms with E-state index in [-0.39, 0.29) is 16.8 Å². The van der Waals surface area contributed by atoms with Crippen molar-refractivity contribution >= 4 is 70.2 Å². The summed E-state index contributed by atoms with van der Waals surface area (Å²) in [5, 5.41) is 4.86. The summed E-state index contributed by atoms with van der Waals surface area (Å²) in [7, 11) is 1.42. The van der Waals surface area contributed by atoms with E-state index in [0.717, 1.165) is 37.5 Å². The SMILES string of the molecule is COP(=S)(NN1C(=O)CSC1=N[C@@H]1O[C@H](COC(C)=O)[C@H](OC(C)=O)[C@H](OC(C)=O)[C@H]1OC(C)=O)c1ccccc1. The number of nitrogens with one attached hydrogen (secondary N) is 1. The van der Waals surface area contributed by atoms with Gasteiger partial charge < -0.3 is 28.2 Å². The predicted molar refractivity (Wildman–Crippen MR) is 149 cm³/mol. The average molecular weight is 632 g/mol. The Morgan fingerprint density at radius 2 is 1.59 bits per heavy atom. The summed E-state index contributed by atoms with van der Waals surface area (Å²) in [6.45, 7) is 4.12. The number of carbonyl (C=O) groups is 5. The molecule has 0 radical (unpaired) electrons. The van der Waals surface area contributed by atoms with Crippen LogP contribution in [0.1, 0.15) is 27.7 Å². The zero-order valence-electron chi connectivity index (χ0n) is 22.8. The molecule has 0 saturated carbocycles. The van der Waals surface area contributed by atoms with Crippen LogP contribution in [0.5, 0.6) is 0 Å². The maximum Gasteiger partial charge on any atom is 0.303 e. The highest BCUT2D eigenvalue weighted by atomic mass is 32.4. The van der Waals surface area contributed by atoms with Crippen molar-refractivity contribution in [2.24, 2.45) is 4.99 Å². The monoisotopic (exact) mass is 631 g/mol. The fourth-order valence-corrected chi connectivity index (χ4v) is 6.89. The highest BCUT2D eigenvalue weighted by Gasteiger charge is 2.53. The zero-order chi connectivity index (χ0) is 30.3. The molecule has 2 heterocycles. The summed E-state index contributed by atoms with van der Waals surface area (Å²) in [4.78, 5) is 65.1. The minimum atomic E-state index is -2.97. The Bertz CT molecular complexity index is 1250. The lowest BCUT2D eigenvalue weighted by atomic mass is 9.97. The van der Waals surface area contributed by atoms with E-state index in [1.165, 1.54) is 14.0 Å². The van der Waals surface area contributed by atoms with Crippen molar-refractivity contribution in [3.8, 4) is 0 Å². The molecule has 0 aromatic heterocycles. The number of ether oxygens (including phenoxy) is 5. The van der Waals surface area contributed by atoms with Crippen molar-refractivity contribution in [1.29, 1.82) is 0 Å². The van der Waals surface area contributed by atoms with E-state index in [4.69, 9.17) is 40.0 Å². The van der Waals surface area contributed by atoms with Crippen LogP contribution in [0.2, 0.25) is 0 Å². The van der Waals surface area contributed by atoms with E-state index < -0.39 is 67.5 Å². The van der Waals surface area contributed by atoms with Crippen molar-refractivity contribution in [2.75, 3.05) is 19.5 Å². The fourth-order valence-electron chi connectivity index (χ4n) is 3.93. The number of amides is 1. The summed E-state index contributed by atoms with van der Waals surface area (Å²) in [5.74, 6) is -3.35. The molecule has 2 fully saturated rings. The van der Waals surface area contributed by atoms with Crippen molar-refractivity contribution < 1.29 is 52.2 Å². The molecule has 41 heavy (non-hydrogen) atoms. The van der Waals surface area contributed by atoms with E-state index >= 15 is 0 Å². The molecule has 0 spiro atoms. The third kappa shape index (κ3) is 8.56. The Hall–Kier alpha value is -2.88. The fraction of sp³-hybridized carbons (Fsp3) is 0.500. The van der Waals surface area contributed by atoms with Crippen LogP contribution in [0.15, 0.2) is 35.3 Å². The largest absolute Gasteiger partial charge is 0.463 e. The molecule has 1 amide bonds. The summed E-state index contributed by atoms with van der Waals surface area (Å²) in [6, 6.07) is 8.91. The Labute approximate surface area is 245 Å². The quantitative estimate of drug-likeness (QED) is 0.219. The van der Waals surface area contributed by atoms with E-state index in [0.29, 0.717) is 5.30 Å². The average Bonchev–Trinajstić information content (AvgIpc) is 3.24. The van der Waals surface area contributed by atoms with Crippen molar-refractivity contribution in [3.63, 3.8) is 0 Å². The summed E-state index contributed by atoms with van der Waals surface area (Å²) in [5.41, 5.74) is 0. The van der Waals surface area contributed by atoms with Crippen molar-refractivity contribution in [2.45, 2.75) is 58.3 Å². The first kappa shape index (κ1) is 32.6. The van der Waals surface area contributed by atoms with Crippen LogP contribution in [-0.4, -0.2) is 90.1 Å². The molecule has 0 bridgehead atoms. The van der Waals surface area contributed by atoms with Gasteiger partial charge in [0.05, 0.1) is 5.75 Å². The minimum absolute atomic E-state index is 0.00898. The molecule has 0 aliphatic carbocycles. The maximum absolute atomic E-state index is 12.9. The van der Waals surface area contributed by atoms with Gasteiger partial charge in [-0.05, 0) is 11.8 Å².